The van der Waals surface area contributed by atoms with Crippen molar-refractivity contribution in [2.45, 2.75) is 40.7 Å². The van der Waals surface area contributed by atoms with Crippen molar-refractivity contribution >= 4 is 46.3 Å². The number of rotatable bonds is 13. The molecule has 9 nitrogen and oxygen atoms in total. The van der Waals surface area contributed by atoms with Crippen molar-refractivity contribution < 1.29 is 28.5 Å². The van der Waals surface area contributed by atoms with Crippen LogP contribution in [-0.4, -0.2) is 44.2 Å². The van der Waals surface area contributed by atoms with Gasteiger partial charge in [-0.15, -0.1) is 0 Å². The van der Waals surface area contributed by atoms with E-state index in [4.69, 9.17) is 42.1 Å². The summed E-state index contributed by atoms with van der Waals surface area (Å²) < 4.78 is 22.2. The topological polar surface area (TPSA) is 108 Å². The van der Waals surface area contributed by atoms with E-state index in [9.17, 15) is 9.59 Å². The number of ether oxygens (including phenoxy) is 4. The number of hydrogen-bond donors (Lipinski definition) is 1. The lowest BCUT2D eigenvalue weighted by atomic mass is 10.2. The summed E-state index contributed by atoms with van der Waals surface area (Å²) in [6, 6.07) is 4.70. The maximum atomic E-state index is 12.9. The third kappa shape index (κ3) is 7.73. The number of ketones is 1. The molecule has 0 aliphatic heterocycles. The summed E-state index contributed by atoms with van der Waals surface area (Å²) in [4.78, 5) is 25.1. The van der Waals surface area contributed by atoms with Crippen molar-refractivity contribution in [3.63, 3.8) is 0 Å². The molecule has 0 radical (unpaired) electrons. The zero-order valence-corrected chi connectivity index (χ0v) is 21.8. The highest BCUT2D eigenvalue weighted by atomic mass is 35.5. The average Bonchev–Trinajstić information content (AvgIpc) is 2.80. The zero-order valence-electron chi connectivity index (χ0n) is 20.3. The normalized spacial score (nSPS) is 11.7. The number of Topliss-reactive ketones (excluding diaryl/α,β-unsaturated/α-hetero) is 1. The first-order valence-electron chi connectivity index (χ1n) is 11.2. The van der Waals surface area contributed by atoms with Crippen LogP contribution in [0.5, 0.6) is 23.0 Å². The molecule has 0 bridgehead atoms. The Bertz CT molecular complexity index is 1080. The lowest BCUT2D eigenvalue weighted by molar-refractivity contribution is -0.126. The van der Waals surface area contributed by atoms with Gasteiger partial charge in [-0.05, 0) is 34.6 Å². The van der Waals surface area contributed by atoms with Gasteiger partial charge in [0.05, 0.1) is 42.2 Å². The van der Waals surface area contributed by atoms with Crippen LogP contribution in [0, 0.1) is 0 Å². The SMILES string of the molecule is CCOc1cc(Cl)c(N=NC(C(C)=O)C(=O)Nc2cc(OCC)c(OCC)cc2Cl)cc1OCC. The number of carbonyl (C=O) groups is 2. The molecule has 1 amide bonds. The van der Waals surface area contributed by atoms with E-state index >= 15 is 0 Å². The van der Waals surface area contributed by atoms with Gasteiger partial charge in [-0.2, -0.15) is 10.2 Å². The third-order valence-electron chi connectivity index (χ3n) is 4.42. The summed E-state index contributed by atoms with van der Waals surface area (Å²) in [7, 11) is 0. The largest absolute Gasteiger partial charge is 0.490 e. The molecular weight excluding hydrogens is 497 g/mol. The van der Waals surface area contributed by atoms with Gasteiger partial charge in [0.2, 0.25) is 6.04 Å². The molecule has 0 saturated heterocycles. The highest BCUT2D eigenvalue weighted by Gasteiger charge is 2.25. The van der Waals surface area contributed by atoms with Gasteiger partial charge in [0, 0.05) is 24.3 Å². The minimum Gasteiger partial charge on any atom is -0.490 e. The fourth-order valence-corrected chi connectivity index (χ4v) is 3.34. The first-order chi connectivity index (χ1) is 16.7. The number of hydrogen-bond acceptors (Lipinski definition) is 8. The molecule has 2 aromatic carbocycles. The second-order valence-corrected chi connectivity index (χ2v) is 7.79. The lowest BCUT2D eigenvalue weighted by Gasteiger charge is -2.16. The highest BCUT2D eigenvalue weighted by molar-refractivity contribution is 6.34. The molecule has 0 heterocycles. The Kier molecular flexibility index (Phi) is 11.1. The summed E-state index contributed by atoms with van der Waals surface area (Å²) in [5, 5.41) is 11.0. The number of benzene rings is 2. The lowest BCUT2D eigenvalue weighted by Crippen LogP contribution is -2.32. The van der Waals surface area contributed by atoms with Crippen molar-refractivity contribution in [2.75, 3.05) is 31.7 Å². The molecule has 1 atom stereocenters. The fraction of sp³-hybridized carbons (Fsp3) is 0.417. The smallest absolute Gasteiger partial charge is 0.258 e. The van der Waals surface area contributed by atoms with E-state index in [1.807, 2.05) is 27.7 Å². The van der Waals surface area contributed by atoms with Crippen LogP contribution in [0.15, 0.2) is 34.5 Å². The fourth-order valence-electron chi connectivity index (χ4n) is 2.94. The summed E-state index contributed by atoms with van der Waals surface area (Å²) >= 11 is 12.6. The molecule has 2 aromatic rings. The van der Waals surface area contributed by atoms with Crippen LogP contribution < -0.4 is 24.3 Å². The summed E-state index contributed by atoms with van der Waals surface area (Å²) in [6.45, 7) is 10.1. The molecule has 35 heavy (non-hydrogen) atoms. The standard InChI is InChI=1S/C24H29Cl2N3O6/c1-6-32-19-10-15(25)17(12-21(19)34-8-3)27-24(31)23(14(5)30)29-28-18-13-22(35-9-4)20(33-7-2)11-16(18)26/h10-13,23H,6-9H2,1-5H3,(H,27,31). The molecule has 2 rings (SSSR count). The number of nitrogens with one attached hydrogen (secondary N) is 1. The zero-order chi connectivity index (χ0) is 26.0. The predicted octanol–water partition coefficient (Wildman–Crippen LogP) is 6.27. The quantitative estimate of drug-likeness (QED) is 0.244. The second kappa shape index (κ2) is 13.7. The predicted molar refractivity (Wildman–Crippen MR) is 135 cm³/mol. The first kappa shape index (κ1) is 28.2. The molecule has 1 unspecified atom stereocenters. The Morgan fingerprint density at radius 1 is 0.800 bits per heavy atom. The number of carbonyl (C=O) groups excluding carboxylic acids is 2. The molecule has 0 aliphatic carbocycles. The molecule has 1 N–H and O–H groups in total. The van der Waals surface area contributed by atoms with Crippen LogP contribution in [-0.2, 0) is 9.59 Å². The number of amides is 1. The highest BCUT2D eigenvalue weighted by Crippen LogP contribution is 2.39. The minimum absolute atomic E-state index is 0.209. The van der Waals surface area contributed by atoms with Crippen LogP contribution in [0.1, 0.15) is 34.6 Å². The van der Waals surface area contributed by atoms with E-state index in [1.54, 1.807) is 6.07 Å². The van der Waals surface area contributed by atoms with Crippen LogP contribution in [0.2, 0.25) is 10.0 Å². The van der Waals surface area contributed by atoms with E-state index in [-0.39, 0.29) is 21.4 Å². The van der Waals surface area contributed by atoms with Gasteiger partial charge in [0.25, 0.3) is 5.91 Å². The first-order valence-corrected chi connectivity index (χ1v) is 11.9. The Morgan fingerprint density at radius 3 is 1.74 bits per heavy atom. The maximum Gasteiger partial charge on any atom is 0.258 e. The monoisotopic (exact) mass is 525 g/mol. The summed E-state index contributed by atoms with van der Waals surface area (Å²) in [5.41, 5.74) is 0.457. The Balaban J connectivity index is 2.32. The van der Waals surface area contributed by atoms with Crippen LogP contribution >= 0.6 is 23.2 Å². The van der Waals surface area contributed by atoms with Crippen LogP contribution in [0.25, 0.3) is 0 Å². The van der Waals surface area contributed by atoms with Crippen molar-refractivity contribution in [3.05, 3.63) is 34.3 Å². The van der Waals surface area contributed by atoms with E-state index < -0.39 is 17.7 Å². The van der Waals surface area contributed by atoms with Gasteiger partial charge in [0.15, 0.2) is 28.8 Å². The number of anilines is 1. The van der Waals surface area contributed by atoms with E-state index in [2.05, 4.69) is 15.5 Å². The molecule has 190 valence electrons. The van der Waals surface area contributed by atoms with Crippen LogP contribution in [0.3, 0.4) is 0 Å². The molecule has 0 saturated carbocycles. The number of halogens is 2. The average molecular weight is 526 g/mol. The number of azo groups is 1. The third-order valence-corrected chi connectivity index (χ3v) is 5.03. The van der Waals surface area contributed by atoms with E-state index in [1.165, 1.54) is 25.1 Å². The van der Waals surface area contributed by atoms with Gasteiger partial charge in [-0.25, -0.2) is 0 Å². The van der Waals surface area contributed by atoms with Crippen LogP contribution in [0.4, 0.5) is 11.4 Å². The molecular formula is C24H29Cl2N3O6. The van der Waals surface area contributed by atoms with E-state index in [0.29, 0.717) is 49.4 Å². The maximum absolute atomic E-state index is 12.9. The van der Waals surface area contributed by atoms with Crippen molar-refractivity contribution in [2.24, 2.45) is 10.2 Å². The Hall–Kier alpha value is -3.04. The molecule has 0 aromatic heterocycles. The van der Waals surface area contributed by atoms with Gasteiger partial charge in [0.1, 0.15) is 5.69 Å². The summed E-state index contributed by atoms with van der Waals surface area (Å²) in [5.74, 6) is 0.470. The number of nitrogens with zero attached hydrogens (tertiary/aromatic N) is 2. The second-order valence-electron chi connectivity index (χ2n) is 6.98. The molecule has 0 fully saturated rings. The molecule has 0 spiro atoms. The van der Waals surface area contributed by atoms with Gasteiger partial charge < -0.3 is 24.3 Å². The summed E-state index contributed by atoms with van der Waals surface area (Å²) in [6.07, 6.45) is 0. The van der Waals surface area contributed by atoms with Crippen molar-refractivity contribution in [1.82, 2.24) is 0 Å². The van der Waals surface area contributed by atoms with Gasteiger partial charge >= 0.3 is 0 Å². The molecule has 0 aliphatic rings. The Morgan fingerprint density at radius 2 is 1.26 bits per heavy atom. The van der Waals surface area contributed by atoms with Crippen molar-refractivity contribution in [3.8, 4) is 23.0 Å². The van der Waals surface area contributed by atoms with E-state index in [0.717, 1.165) is 0 Å². The van der Waals surface area contributed by atoms with Crippen molar-refractivity contribution in [1.29, 1.82) is 0 Å². The minimum atomic E-state index is -1.44. The Labute approximate surface area is 214 Å². The van der Waals surface area contributed by atoms with Gasteiger partial charge in [-0.3, -0.25) is 9.59 Å². The molecule has 11 heteroatoms. The van der Waals surface area contributed by atoms with Gasteiger partial charge in [-0.1, -0.05) is 23.2 Å².